The molecule has 3 heteroatoms. The Morgan fingerprint density at radius 1 is 1.19 bits per heavy atom. The van der Waals surface area contributed by atoms with Gasteiger partial charge in [-0.15, -0.1) is 0 Å². The Morgan fingerprint density at radius 2 is 1.94 bits per heavy atom. The maximum Gasteiger partial charge on any atom is 0.223 e. The molecule has 16 heavy (non-hydrogen) atoms. The van der Waals surface area contributed by atoms with E-state index in [1.54, 1.807) is 0 Å². The van der Waals surface area contributed by atoms with Crippen molar-refractivity contribution >= 4 is 5.91 Å². The van der Waals surface area contributed by atoms with Crippen LogP contribution in [0.1, 0.15) is 58.8 Å². The summed E-state index contributed by atoms with van der Waals surface area (Å²) < 4.78 is 0. The number of unbranched alkanes of at least 4 members (excludes halogenated alkanes) is 3. The first-order valence-corrected chi connectivity index (χ1v) is 6.64. The molecule has 0 heterocycles. The maximum absolute atomic E-state index is 11.8. The van der Waals surface area contributed by atoms with Crippen LogP contribution in [0.2, 0.25) is 0 Å². The minimum absolute atomic E-state index is 0.192. The van der Waals surface area contributed by atoms with E-state index in [4.69, 9.17) is 5.11 Å². The summed E-state index contributed by atoms with van der Waals surface area (Å²) in [5.74, 6) is 0.401. The van der Waals surface area contributed by atoms with E-state index in [2.05, 4.69) is 19.2 Å². The van der Waals surface area contributed by atoms with Crippen LogP contribution >= 0.6 is 0 Å². The predicted molar refractivity (Wildman–Crippen MR) is 67.3 cm³/mol. The van der Waals surface area contributed by atoms with Crippen LogP contribution in [-0.2, 0) is 4.79 Å². The van der Waals surface area contributed by atoms with Gasteiger partial charge >= 0.3 is 0 Å². The molecule has 0 aliphatic carbocycles. The monoisotopic (exact) mass is 229 g/mol. The zero-order valence-electron chi connectivity index (χ0n) is 10.8. The van der Waals surface area contributed by atoms with Crippen molar-refractivity contribution in [3.63, 3.8) is 0 Å². The van der Waals surface area contributed by atoms with Crippen LogP contribution in [-0.4, -0.2) is 24.2 Å². The third-order valence-electron chi connectivity index (χ3n) is 2.90. The van der Waals surface area contributed by atoms with Crippen LogP contribution in [0.5, 0.6) is 0 Å². The van der Waals surface area contributed by atoms with Gasteiger partial charge in [0.2, 0.25) is 5.91 Å². The second-order valence-corrected chi connectivity index (χ2v) is 4.32. The molecule has 0 rings (SSSR count). The lowest BCUT2D eigenvalue weighted by molar-refractivity contribution is -0.125. The maximum atomic E-state index is 11.8. The van der Waals surface area contributed by atoms with E-state index in [0.29, 0.717) is 0 Å². The number of hydrogen-bond donors (Lipinski definition) is 2. The molecule has 96 valence electrons. The first-order chi connectivity index (χ1) is 7.76. The average Bonchev–Trinajstić information content (AvgIpc) is 2.30. The van der Waals surface area contributed by atoms with Gasteiger partial charge in [-0.05, 0) is 32.1 Å². The summed E-state index contributed by atoms with van der Waals surface area (Å²) in [5, 5.41) is 11.6. The fourth-order valence-corrected chi connectivity index (χ4v) is 1.74. The molecule has 0 fully saturated rings. The lowest BCUT2D eigenvalue weighted by Gasteiger charge is -2.14. The summed E-state index contributed by atoms with van der Waals surface area (Å²) in [5.41, 5.74) is 0. The van der Waals surface area contributed by atoms with Gasteiger partial charge in [0.15, 0.2) is 0 Å². The van der Waals surface area contributed by atoms with E-state index in [1.807, 2.05) is 0 Å². The van der Waals surface area contributed by atoms with Gasteiger partial charge in [0.05, 0.1) is 0 Å². The lowest BCUT2D eigenvalue weighted by atomic mass is 9.98. The first-order valence-electron chi connectivity index (χ1n) is 6.64. The van der Waals surface area contributed by atoms with E-state index >= 15 is 0 Å². The number of hydrogen-bond acceptors (Lipinski definition) is 2. The van der Waals surface area contributed by atoms with Crippen molar-refractivity contribution in [1.82, 2.24) is 5.32 Å². The minimum Gasteiger partial charge on any atom is -0.396 e. The highest BCUT2D eigenvalue weighted by molar-refractivity contribution is 5.78. The first kappa shape index (κ1) is 15.4. The fourth-order valence-electron chi connectivity index (χ4n) is 1.74. The number of aliphatic hydroxyl groups is 1. The summed E-state index contributed by atoms with van der Waals surface area (Å²) in [6.45, 7) is 5.23. The summed E-state index contributed by atoms with van der Waals surface area (Å²) >= 11 is 0. The zero-order chi connectivity index (χ0) is 12.2. The van der Waals surface area contributed by atoms with Crippen molar-refractivity contribution in [1.29, 1.82) is 0 Å². The van der Waals surface area contributed by atoms with E-state index < -0.39 is 0 Å². The Hall–Kier alpha value is -0.570. The van der Waals surface area contributed by atoms with Gasteiger partial charge in [-0.3, -0.25) is 4.79 Å². The molecular weight excluding hydrogens is 202 g/mol. The van der Waals surface area contributed by atoms with Gasteiger partial charge in [0, 0.05) is 19.1 Å². The molecule has 0 aromatic heterocycles. The molecule has 0 saturated carbocycles. The molecule has 0 bridgehead atoms. The molecule has 1 atom stereocenters. The van der Waals surface area contributed by atoms with Gasteiger partial charge in [-0.2, -0.15) is 0 Å². The summed E-state index contributed by atoms with van der Waals surface area (Å²) in [7, 11) is 0. The molecule has 0 aromatic carbocycles. The molecule has 0 radical (unpaired) electrons. The molecule has 0 spiro atoms. The summed E-state index contributed by atoms with van der Waals surface area (Å²) in [6.07, 6.45) is 7.02. The Labute approximate surface area is 99.6 Å². The van der Waals surface area contributed by atoms with Crippen molar-refractivity contribution in [3.05, 3.63) is 0 Å². The standard InChI is InChI=1S/C13H27NO2/c1-3-5-9-12(4-2)13(16)14-10-7-6-8-11-15/h12,15H,3-11H2,1-2H3,(H,14,16). The van der Waals surface area contributed by atoms with Crippen molar-refractivity contribution < 1.29 is 9.90 Å². The normalized spacial score (nSPS) is 12.4. The van der Waals surface area contributed by atoms with Crippen molar-refractivity contribution in [2.24, 2.45) is 5.92 Å². The van der Waals surface area contributed by atoms with Gasteiger partial charge in [-0.25, -0.2) is 0 Å². The van der Waals surface area contributed by atoms with E-state index in [9.17, 15) is 4.79 Å². The van der Waals surface area contributed by atoms with Crippen molar-refractivity contribution in [2.75, 3.05) is 13.2 Å². The SMILES string of the molecule is CCCCC(CC)C(=O)NCCCCCO. The summed E-state index contributed by atoms with van der Waals surface area (Å²) in [4.78, 5) is 11.8. The third kappa shape index (κ3) is 7.69. The number of rotatable bonds is 10. The van der Waals surface area contributed by atoms with Crippen LogP contribution in [0.3, 0.4) is 0 Å². The van der Waals surface area contributed by atoms with Crippen LogP contribution in [0.25, 0.3) is 0 Å². The van der Waals surface area contributed by atoms with E-state index in [-0.39, 0.29) is 18.4 Å². The summed E-state index contributed by atoms with van der Waals surface area (Å²) in [6, 6.07) is 0. The number of carbonyl (C=O) groups excluding carboxylic acids is 1. The van der Waals surface area contributed by atoms with Gasteiger partial charge in [-0.1, -0.05) is 26.7 Å². The number of amides is 1. The van der Waals surface area contributed by atoms with Crippen LogP contribution in [0.15, 0.2) is 0 Å². The average molecular weight is 229 g/mol. The van der Waals surface area contributed by atoms with E-state index in [1.165, 1.54) is 0 Å². The molecule has 0 aliphatic rings. The highest BCUT2D eigenvalue weighted by Gasteiger charge is 2.14. The number of aliphatic hydroxyl groups excluding tert-OH is 1. The Morgan fingerprint density at radius 3 is 2.50 bits per heavy atom. The largest absolute Gasteiger partial charge is 0.396 e. The smallest absolute Gasteiger partial charge is 0.223 e. The number of carbonyl (C=O) groups is 1. The minimum atomic E-state index is 0.192. The molecule has 1 amide bonds. The second kappa shape index (κ2) is 10.9. The van der Waals surface area contributed by atoms with Crippen molar-refractivity contribution in [3.8, 4) is 0 Å². The second-order valence-electron chi connectivity index (χ2n) is 4.32. The quantitative estimate of drug-likeness (QED) is 0.565. The Balaban J connectivity index is 3.58. The Kier molecular flexibility index (Phi) is 10.5. The predicted octanol–water partition coefficient (Wildman–Crippen LogP) is 2.48. The molecule has 2 N–H and O–H groups in total. The van der Waals surface area contributed by atoms with Crippen LogP contribution in [0.4, 0.5) is 0 Å². The van der Waals surface area contributed by atoms with Gasteiger partial charge in [0.25, 0.3) is 0 Å². The molecule has 0 saturated heterocycles. The zero-order valence-corrected chi connectivity index (χ0v) is 10.8. The van der Waals surface area contributed by atoms with Crippen molar-refractivity contribution in [2.45, 2.75) is 58.8 Å². The molecule has 3 nitrogen and oxygen atoms in total. The van der Waals surface area contributed by atoms with E-state index in [0.717, 1.165) is 51.5 Å². The molecule has 0 aromatic rings. The number of nitrogens with one attached hydrogen (secondary N) is 1. The van der Waals surface area contributed by atoms with Gasteiger partial charge < -0.3 is 10.4 Å². The van der Waals surface area contributed by atoms with Crippen LogP contribution in [0, 0.1) is 5.92 Å². The molecular formula is C13H27NO2. The molecule has 0 aliphatic heterocycles. The molecule has 1 unspecified atom stereocenters. The highest BCUT2D eigenvalue weighted by Crippen LogP contribution is 2.12. The lowest BCUT2D eigenvalue weighted by Crippen LogP contribution is -2.31. The fraction of sp³-hybridized carbons (Fsp3) is 0.923. The Bertz CT molecular complexity index is 171. The van der Waals surface area contributed by atoms with Gasteiger partial charge in [0.1, 0.15) is 0 Å². The topological polar surface area (TPSA) is 49.3 Å². The highest BCUT2D eigenvalue weighted by atomic mass is 16.2. The van der Waals surface area contributed by atoms with Crippen LogP contribution < -0.4 is 5.32 Å². The third-order valence-corrected chi connectivity index (χ3v) is 2.90.